The summed E-state index contributed by atoms with van der Waals surface area (Å²) in [6.07, 6.45) is 3.04. The zero-order chi connectivity index (χ0) is 26.0. The molecule has 0 bridgehead atoms. The topological polar surface area (TPSA) is 149 Å². The van der Waals surface area contributed by atoms with Gasteiger partial charge in [-0.1, -0.05) is 12.1 Å². The maximum absolute atomic E-state index is 12.2. The Bertz CT molecular complexity index is 848. The van der Waals surface area contributed by atoms with E-state index in [1.54, 1.807) is 23.1 Å². The third kappa shape index (κ3) is 12.8. The van der Waals surface area contributed by atoms with Gasteiger partial charge in [-0.15, -0.1) is 0 Å². The lowest BCUT2D eigenvalue weighted by Gasteiger charge is -2.25. The molecule has 2 rings (SSSR count). The number of amides is 2. The Balaban J connectivity index is 1.54. The van der Waals surface area contributed by atoms with Crippen LogP contribution in [0.5, 0.6) is 5.75 Å². The molecule has 0 radical (unpaired) electrons. The van der Waals surface area contributed by atoms with Crippen LogP contribution in [0.3, 0.4) is 0 Å². The number of likely N-dealkylation sites (N-methyl/N-ethyl adjacent to an activating group) is 1. The lowest BCUT2D eigenvalue weighted by Crippen LogP contribution is -2.45. The average Bonchev–Trinajstić information content (AvgIpc) is 3.31. The molecule has 1 atom stereocenters. The van der Waals surface area contributed by atoms with E-state index in [-0.39, 0.29) is 17.8 Å². The molecular weight excluding hydrogens is 466 g/mol. The molecule has 12 nitrogen and oxygen atoms in total. The van der Waals surface area contributed by atoms with Crippen molar-refractivity contribution < 1.29 is 24.1 Å². The first kappa shape index (κ1) is 29.5. The maximum Gasteiger partial charge on any atom is 0.314 e. The van der Waals surface area contributed by atoms with Crippen molar-refractivity contribution in [3.8, 4) is 5.75 Å². The van der Waals surface area contributed by atoms with E-state index in [4.69, 9.17) is 19.9 Å². The highest BCUT2D eigenvalue weighted by molar-refractivity contribution is 5.73. The van der Waals surface area contributed by atoms with Gasteiger partial charge >= 0.3 is 6.03 Å². The number of phenols is 1. The van der Waals surface area contributed by atoms with Gasteiger partial charge in [-0.25, -0.2) is 4.79 Å². The summed E-state index contributed by atoms with van der Waals surface area (Å²) >= 11 is 0. The first-order valence-electron chi connectivity index (χ1n) is 12.3. The number of rotatable bonds is 19. The van der Waals surface area contributed by atoms with Crippen molar-refractivity contribution in [1.29, 1.82) is 0 Å². The molecule has 0 spiro atoms. The highest BCUT2D eigenvalue weighted by atomic mass is 16.5. The summed E-state index contributed by atoms with van der Waals surface area (Å²) in [4.78, 5) is 15.9. The molecule has 2 aromatic rings. The molecule has 0 aliphatic carbocycles. The molecule has 0 aliphatic heterocycles. The van der Waals surface area contributed by atoms with Crippen molar-refractivity contribution in [3.63, 3.8) is 0 Å². The van der Waals surface area contributed by atoms with Crippen LogP contribution in [-0.4, -0.2) is 110 Å². The summed E-state index contributed by atoms with van der Waals surface area (Å²) in [5, 5.41) is 23.9. The molecule has 0 fully saturated rings. The second-order valence-electron chi connectivity index (χ2n) is 8.43. The number of hydrogen-bond acceptors (Lipinski definition) is 9. The number of nitrogens with zero attached hydrogens (tertiary/aromatic N) is 4. The normalized spacial score (nSPS) is 12.1. The number of aromatic hydroxyl groups is 1. The molecule has 36 heavy (non-hydrogen) atoms. The summed E-state index contributed by atoms with van der Waals surface area (Å²) in [7, 11) is 3.96. The molecule has 1 aromatic heterocycles. The lowest BCUT2D eigenvalue weighted by atomic mass is 10.1. The molecule has 1 aromatic carbocycles. The fourth-order valence-electron chi connectivity index (χ4n) is 3.25. The van der Waals surface area contributed by atoms with Crippen LogP contribution >= 0.6 is 0 Å². The minimum absolute atomic E-state index is 0.129. The van der Waals surface area contributed by atoms with Gasteiger partial charge in [0.2, 0.25) is 0 Å². The zero-order valence-corrected chi connectivity index (χ0v) is 21.4. The summed E-state index contributed by atoms with van der Waals surface area (Å²) in [5.41, 5.74) is 7.23. The van der Waals surface area contributed by atoms with Crippen molar-refractivity contribution in [2.24, 2.45) is 5.73 Å². The smallest absolute Gasteiger partial charge is 0.314 e. The number of phenolic OH excluding ortho intramolecular Hbond substituents is 1. The van der Waals surface area contributed by atoms with Gasteiger partial charge in [0.1, 0.15) is 5.75 Å². The average molecular weight is 508 g/mol. The first-order valence-corrected chi connectivity index (χ1v) is 12.3. The quantitative estimate of drug-likeness (QED) is 0.193. The second-order valence-corrected chi connectivity index (χ2v) is 8.43. The Hall–Kier alpha value is -2.77. The molecule has 2 amide bonds. The van der Waals surface area contributed by atoms with Gasteiger partial charge in [-0.3, -0.25) is 0 Å². The summed E-state index contributed by atoms with van der Waals surface area (Å²) < 4.78 is 16.1. The molecule has 202 valence electrons. The Labute approximate surface area is 213 Å². The van der Waals surface area contributed by atoms with Crippen molar-refractivity contribution in [2.75, 3.05) is 73.4 Å². The molecule has 0 aliphatic rings. The predicted octanol–water partition coefficient (Wildman–Crippen LogP) is 0.00680. The van der Waals surface area contributed by atoms with E-state index in [0.29, 0.717) is 72.2 Å². The SMILES string of the molecule is CN(C)[C@H](CNC(=O)NCCc1cnn(CCOCCOCCOCCN)n1)Cc1ccc(O)cc1. The van der Waals surface area contributed by atoms with Crippen LogP contribution in [0, 0.1) is 0 Å². The van der Waals surface area contributed by atoms with E-state index in [1.807, 2.05) is 26.2 Å². The Morgan fingerprint density at radius 3 is 2.39 bits per heavy atom. The molecule has 1 heterocycles. The highest BCUT2D eigenvalue weighted by Gasteiger charge is 2.14. The zero-order valence-electron chi connectivity index (χ0n) is 21.4. The Kier molecular flexibility index (Phi) is 14.4. The van der Waals surface area contributed by atoms with E-state index in [0.717, 1.165) is 17.7 Å². The molecule has 12 heteroatoms. The Morgan fingerprint density at radius 2 is 1.72 bits per heavy atom. The number of carbonyl (C=O) groups is 1. The molecule has 0 saturated carbocycles. The van der Waals surface area contributed by atoms with Crippen LogP contribution in [0.2, 0.25) is 0 Å². The van der Waals surface area contributed by atoms with Crippen molar-refractivity contribution in [3.05, 3.63) is 41.7 Å². The molecule has 5 N–H and O–H groups in total. The highest BCUT2D eigenvalue weighted by Crippen LogP contribution is 2.12. The van der Waals surface area contributed by atoms with E-state index < -0.39 is 0 Å². The maximum atomic E-state index is 12.2. The number of carbonyl (C=O) groups excluding carboxylic acids is 1. The third-order valence-corrected chi connectivity index (χ3v) is 5.33. The number of ether oxygens (including phenoxy) is 3. The number of hydrogen-bond donors (Lipinski definition) is 4. The lowest BCUT2D eigenvalue weighted by molar-refractivity contribution is 0.0136. The van der Waals surface area contributed by atoms with Gasteiger partial charge < -0.3 is 40.6 Å². The fourth-order valence-corrected chi connectivity index (χ4v) is 3.25. The minimum Gasteiger partial charge on any atom is -0.508 e. The predicted molar refractivity (Wildman–Crippen MR) is 136 cm³/mol. The number of aromatic nitrogens is 3. The largest absolute Gasteiger partial charge is 0.508 e. The fraction of sp³-hybridized carbons (Fsp3) is 0.625. The van der Waals surface area contributed by atoms with Gasteiger partial charge in [0.25, 0.3) is 0 Å². The van der Waals surface area contributed by atoms with E-state index in [2.05, 4.69) is 25.7 Å². The first-order chi connectivity index (χ1) is 17.5. The molecule has 0 unspecified atom stereocenters. The van der Waals surface area contributed by atoms with Gasteiger partial charge in [-0.05, 0) is 38.2 Å². The van der Waals surface area contributed by atoms with Crippen molar-refractivity contribution in [2.45, 2.75) is 25.4 Å². The molecular formula is C24H41N7O5. The van der Waals surface area contributed by atoms with Gasteiger partial charge in [-0.2, -0.15) is 15.0 Å². The standard InChI is InChI=1S/C24H41N7O5/c1-30(2)22(17-20-3-5-23(32)6-4-20)19-27-24(33)26-9-7-21-18-28-31(29-21)10-12-35-14-16-36-15-13-34-11-8-25/h3-6,18,22,32H,7-17,19,25H2,1-2H3,(H2,26,27,33)/t22-/m0/s1. The molecule has 0 saturated heterocycles. The number of nitrogens with one attached hydrogen (secondary N) is 2. The van der Waals surface area contributed by atoms with Crippen LogP contribution in [0.4, 0.5) is 4.79 Å². The minimum atomic E-state index is -0.221. The van der Waals surface area contributed by atoms with Crippen LogP contribution in [0.25, 0.3) is 0 Å². The van der Waals surface area contributed by atoms with Crippen LogP contribution in [-0.2, 0) is 33.6 Å². The van der Waals surface area contributed by atoms with Crippen LogP contribution in [0.15, 0.2) is 30.5 Å². The van der Waals surface area contributed by atoms with Gasteiger partial charge in [0, 0.05) is 32.1 Å². The number of nitrogens with two attached hydrogens (primary N) is 1. The van der Waals surface area contributed by atoms with Crippen LogP contribution < -0.4 is 16.4 Å². The monoisotopic (exact) mass is 507 g/mol. The van der Waals surface area contributed by atoms with E-state index in [9.17, 15) is 9.90 Å². The van der Waals surface area contributed by atoms with E-state index in [1.165, 1.54) is 0 Å². The van der Waals surface area contributed by atoms with Gasteiger partial charge in [0.05, 0.1) is 58.1 Å². The van der Waals surface area contributed by atoms with Crippen LogP contribution in [0.1, 0.15) is 11.3 Å². The van der Waals surface area contributed by atoms with Crippen molar-refractivity contribution in [1.82, 2.24) is 30.5 Å². The third-order valence-electron chi connectivity index (χ3n) is 5.33. The van der Waals surface area contributed by atoms with E-state index >= 15 is 0 Å². The number of urea groups is 1. The Morgan fingerprint density at radius 1 is 1.06 bits per heavy atom. The van der Waals surface area contributed by atoms with Crippen molar-refractivity contribution >= 4 is 6.03 Å². The summed E-state index contributed by atoms with van der Waals surface area (Å²) in [5.74, 6) is 0.244. The summed E-state index contributed by atoms with van der Waals surface area (Å²) in [6.45, 7) is 5.10. The van der Waals surface area contributed by atoms with Gasteiger partial charge in [0.15, 0.2) is 0 Å². The summed E-state index contributed by atoms with van der Waals surface area (Å²) in [6, 6.07) is 7.03. The second kappa shape index (κ2) is 17.6. The number of benzene rings is 1.